The van der Waals surface area contributed by atoms with Crippen molar-refractivity contribution < 1.29 is 23.6 Å². The molecule has 1 aromatic heterocycles. The summed E-state index contributed by atoms with van der Waals surface area (Å²) in [6, 6.07) is 4.57. The standard InChI is InChI=1S/C11H9N3O6S2/c15-9-5-10(16)8(14(17)18)4-7(9)6-12-13-22(19,20)11-2-1-3-21-11/h1-6,13,15-16H/b12-6+. The Bertz CT molecular complexity index is 830. The van der Waals surface area contributed by atoms with Crippen LogP contribution < -0.4 is 4.83 Å². The fraction of sp³-hybridized carbons (Fsp3) is 0. The molecule has 0 saturated carbocycles. The highest BCUT2D eigenvalue weighted by molar-refractivity contribution is 7.91. The summed E-state index contributed by atoms with van der Waals surface area (Å²) in [5, 5.41) is 34.6. The summed E-state index contributed by atoms with van der Waals surface area (Å²) >= 11 is 0.991. The quantitative estimate of drug-likeness (QED) is 0.425. The molecule has 9 nitrogen and oxygen atoms in total. The number of hydrogen-bond acceptors (Lipinski definition) is 8. The van der Waals surface area contributed by atoms with Gasteiger partial charge in [-0.1, -0.05) is 6.07 Å². The SMILES string of the molecule is O=[N+]([O-])c1cc(/C=N/NS(=O)(=O)c2cccs2)c(O)cc1O. The zero-order valence-corrected chi connectivity index (χ0v) is 12.3. The van der Waals surface area contributed by atoms with Gasteiger partial charge in [0.15, 0.2) is 5.75 Å². The van der Waals surface area contributed by atoms with E-state index in [0.717, 1.165) is 29.7 Å². The Morgan fingerprint density at radius 1 is 1.32 bits per heavy atom. The van der Waals surface area contributed by atoms with Gasteiger partial charge in [0.1, 0.15) is 9.96 Å². The fourth-order valence-corrected chi connectivity index (χ4v) is 3.23. The van der Waals surface area contributed by atoms with Crippen molar-refractivity contribution in [2.75, 3.05) is 0 Å². The van der Waals surface area contributed by atoms with E-state index < -0.39 is 32.1 Å². The van der Waals surface area contributed by atoms with Crippen molar-refractivity contribution >= 4 is 33.3 Å². The fourth-order valence-electron chi connectivity index (χ4n) is 1.46. The van der Waals surface area contributed by atoms with Gasteiger partial charge in [0, 0.05) is 17.7 Å². The lowest BCUT2D eigenvalue weighted by Gasteiger charge is -2.02. The molecule has 0 aliphatic carbocycles. The van der Waals surface area contributed by atoms with Gasteiger partial charge in [0.2, 0.25) is 0 Å². The van der Waals surface area contributed by atoms with Crippen molar-refractivity contribution in [3.05, 3.63) is 45.3 Å². The highest BCUT2D eigenvalue weighted by atomic mass is 32.2. The van der Waals surface area contributed by atoms with Crippen LogP contribution >= 0.6 is 11.3 Å². The molecular weight excluding hydrogens is 334 g/mol. The Morgan fingerprint density at radius 3 is 2.64 bits per heavy atom. The average molecular weight is 343 g/mol. The molecule has 1 aromatic carbocycles. The molecule has 0 bridgehead atoms. The van der Waals surface area contributed by atoms with Crippen LogP contribution in [0.25, 0.3) is 0 Å². The maximum atomic E-state index is 11.8. The zero-order valence-electron chi connectivity index (χ0n) is 10.7. The van der Waals surface area contributed by atoms with Crippen LogP contribution in [0.15, 0.2) is 39.0 Å². The predicted octanol–water partition coefficient (Wildman–Crippen LogP) is 1.38. The summed E-state index contributed by atoms with van der Waals surface area (Å²) in [4.78, 5) is 11.7. The van der Waals surface area contributed by atoms with Gasteiger partial charge >= 0.3 is 5.69 Å². The Hall–Kier alpha value is -2.66. The van der Waals surface area contributed by atoms with E-state index in [4.69, 9.17) is 0 Å². The first-order valence-corrected chi connectivity index (χ1v) is 7.96. The van der Waals surface area contributed by atoms with E-state index in [1.807, 2.05) is 4.83 Å². The first-order chi connectivity index (χ1) is 10.3. The third-order valence-corrected chi connectivity index (χ3v) is 5.08. The van der Waals surface area contributed by atoms with Crippen LogP contribution in [0.3, 0.4) is 0 Å². The van der Waals surface area contributed by atoms with Gasteiger partial charge in [-0.05, 0) is 11.4 Å². The van der Waals surface area contributed by atoms with Crippen molar-refractivity contribution in [3.63, 3.8) is 0 Å². The third kappa shape index (κ3) is 3.32. The molecule has 0 fully saturated rings. The number of nitro benzene ring substituents is 1. The van der Waals surface area contributed by atoms with E-state index in [1.165, 1.54) is 6.07 Å². The van der Waals surface area contributed by atoms with E-state index >= 15 is 0 Å². The molecule has 0 saturated heterocycles. The average Bonchev–Trinajstić information content (AvgIpc) is 2.95. The molecule has 0 spiro atoms. The van der Waals surface area contributed by atoms with Gasteiger partial charge in [0.05, 0.1) is 11.1 Å². The molecule has 0 radical (unpaired) electrons. The lowest BCUT2D eigenvalue weighted by Crippen LogP contribution is -2.17. The van der Waals surface area contributed by atoms with E-state index in [9.17, 15) is 28.7 Å². The number of thiophene rings is 1. The van der Waals surface area contributed by atoms with Crippen LogP contribution in [-0.4, -0.2) is 29.8 Å². The minimum atomic E-state index is -3.83. The number of benzene rings is 1. The Kier molecular flexibility index (Phi) is 4.28. The maximum absolute atomic E-state index is 11.8. The maximum Gasteiger partial charge on any atom is 0.311 e. The van der Waals surface area contributed by atoms with E-state index in [2.05, 4.69) is 5.10 Å². The summed E-state index contributed by atoms with van der Waals surface area (Å²) < 4.78 is 23.6. The number of rotatable bonds is 5. The molecule has 22 heavy (non-hydrogen) atoms. The molecule has 3 N–H and O–H groups in total. The lowest BCUT2D eigenvalue weighted by molar-refractivity contribution is -0.385. The Labute approximate surface area is 128 Å². The number of hydrazone groups is 1. The second-order valence-electron chi connectivity index (χ2n) is 3.94. The van der Waals surface area contributed by atoms with Gasteiger partial charge in [-0.3, -0.25) is 10.1 Å². The van der Waals surface area contributed by atoms with Crippen LogP contribution in [0.1, 0.15) is 5.56 Å². The molecule has 0 aliphatic heterocycles. The number of nitrogens with zero attached hydrogens (tertiary/aromatic N) is 2. The largest absolute Gasteiger partial charge is 0.507 e. The Morgan fingerprint density at radius 2 is 2.05 bits per heavy atom. The number of phenolic OH excluding ortho intramolecular Hbond substituents is 2. The normalized spacial score (nSPS) is 11.6. The zero-order chi connectivity index (χ0) is 16.3. The van der Waals surface area contributed by atoms with Crippen LogP contribution in [0.5, 0.6) is 11.5 Å². The number of sulfonamides is 1. The molecule has 11 heteroatoms. The minimum absolute atomic E-state index is 0.0468. The highest BCUT2D eigenvalue weighted by Gasteiger charge is 2.17. The smallest absolute Gasteiger partial charge is 0.311 e. The van der Waals surface area contributed by atoms with Crippen LogP contribution in [-0.2, 0) is 10.0 Å². The van der Waals surface area contributed by atoms with Crippen molar-refractivity contribution in [2.24, 2.45) is 5.10 Å². The van der Waals surface area contributed by atoms with Crippen molar-refractivity contribution in [2.45, 2.75) is 4.21 Å². The van der Waals surface area contributed by atoms with Crippen LogP contribution in [0.2, 0.25) is 0 Å². The Balaban J connectivity index is 2.24. The molecule has 0 unspecified atom stereocenters. The second kappa shape index (κ2) is 5.99. The van der Waals surface area contributed by atoms with E-state index in [1.54, 1.807) is 11.4 Å². The summed E-state index contributed by atoms with van der Waals surface area (Å²) in [5.41, 5.74) is -0.765. The number of nitro groups is 1. The molecule has 2 rings (SSSR count). The summed E-state index contributed by atoms with van der Waals surface area (Å²) in [5.74, 6) is -1.19. The molecule has 0 atom stereocenters. The topological polar surface area (TPSA) is 142 Å². The molecule has 0 amide bonds. The van der Waals surface area contributed by atoms with Gasteiger partial charge in [-0.2, -0.15) is 18.4 Å². The first-order valence-electron chi connectivity index (χ1n) is 5.60. The lowest BCUT2D eigenvalue weighted by atomic mass is 10.2. The third-order valence-electron chi connectivity index (χ3n) is 2.46. The number of aromatic hydroxyl groups is 2. The second-order valence-corrected chi connectivity index (χ2v) is 6.78. The summed E-state index contributed by atoms with van der Waals surface area (Å²) in [6.07, 6.45) is 0.896. The first kappa shape index (κ1) is 15.7. The van der Waals surface area contributed by atoms with Crippen molar-refractivity contribution in [1.82, 2.24) is 4.83 Å². The summed E-state index contributed by atoms with van der Waals surface area (Å²) in [7, 11) is -3.83. The molecular formula is C11H9N3O6S2. The minimum Gasteiger partial charge on any atom is -0.507 e. The van der Waals surface area contributed by atoms with Gasteiger partial charge in [-0.25, -0.2) is 0 Å². The number of nitrogens with one attached hydrogen (secondary N) is 1. The van der Waals surface area contributed by atoms with Crippen LogP contribution in [0, 0.1) is 10.1 Å². The van der Waals surface area contributed by atoms with E-state index in [0.29, 0.717) is 0 Å². The van der Waals surface area contributed by atoms with Gasteiger partial charge < -0.3 is 10.2 Å². The number of phenols is 2. The number of hydrogen-bond donors (Lipinski definition) is 3. The van der Waals surface area contributed by atoms with Gasteiger partial charge in [-0.15, -0.1) is 11.3 Å². The van der Waals surface area contributed by atoms with Gasteiger partial charge in [0.25, 0.3) is 10.0 Å². The molecule has 116 valence electrons. The molecule has 2 aromatic rings. The van der Waals surface area contributed by atoms with Crippen molar-refractivity contribution in [3.8, 4) is 11.5 Å². The predicted molar refractivity (Wildman–Crippen MR) is 78.7 cm³/mol. The monoisotopic (exact) mass is 343 g/mol. The summed E-state index contributed by atoms with van der Waals surface area (Å²) in [6.45, 7) is 0. The van der Waals surface area contributed by atoms with Crippen LogP contribution in [0.4, 0.5) is 5.69 Å². The van der Waals surface area contributed by atoms with Crippen molar-refractivity contribution in [1.29, 1.82) is 0 Å². The molecule has 0 aliphatic rings. The molecule has 1 heterocycles. The van der Waals surface area contributed by atoms with E-state index in [-0.39, 0.29) is 9.77 Å². The highest BCUT2D eigenvalue weighted by Crippen LogP contribution is 2.31.